The number of alkyl halides is 3. The molecule has 6 atom stereocenters. The number of hydrogen-bond acceptors (Lipinski definition) is 3. The minimum absolute atomic E-state index is 0.0962. The number of carbonyl (C=O) groups is 1. The smallest absolute Gasteiger partial charge is 0.375 e. The van der Waals surface area contributed by atoms with E-state index in [0.29, 0.717) is 36.7 Å². The second kappa shape index (κ2) is 6.22. The molecule has 1 spiro atoms. The number of hydrogen-bond donors (Lipinski definition) is 0. The summed E-state index contributed by atoms with van der Waals surface area (Å²) >= 11 is 0. The number of morpholine rings is 1. The van der Waals surface area contributed by atoms with E-state index >= 15 is 0 Å². The molecule has 0 N–H and O–H groups in total. The third kappa shape index (κ3) is 2.57. The fourth-order valence-electron chi connectivity index (χ4n) is 7.12. The number of halogens is 3. The number of benzene rings is 1. The van der Waals surface area contributed by atoms with E-state index in [1.807, 2.05) is 4.90 Å². The largest absolute Gasteiger partial charge is 0.416 e. The van der Waals surface area contributed by atoms with Gasteiger partial charge in [-0.15, -0.1) is 0 Å². The Morgan fingerprint density at radius 2 is 2.03 bits per heavy atom. The molecule has 4 heterocycles. The Balaban J connectivity index is 1.26. The zero-order chi connectivity index (χ0) is 20.8. The first-order chi connectivity index (χ1) is 14.3. The molecule has 7 heteroatoms. The molecule has 2 bridgehead atoms. The summed E-state index contributed by atoms with van der Waals surface area (Å²) in [7, 11) is 0. The third-order valence-electron chi connectivity index (χ3n) is 8.77. The quantitative estimate of drug-likeness (QED) is 0.696. The number of amides is 1. The van der Waals surface area contributed by atoms with Crippen LogP contribution in [0.25, 0.3) is 0 Å². The molecule has 1 amide bonds. The van der Waals surface area contributed by atoms with Crippen LogP contribution in [0, 0.1) is 11.3 Å². The maximum absolute atomic E-state index is 13.6. The van der Waals surface area contributed by atoms with Crippen molar-refractivity contribution in [2.24, 2.45) is 11.3 Å². The lowest BCUT2D eigenvalue weighted by Crippen LogP contribution is -2.44. The highest BCUT2D eigenvalue weighted by Crippen LogP contribution is 2.56. The molecule has 4 aliphatic heterocycles. The summed E-state index contributed by atoms with van der Waals surface area (Å²) in [5, 5.41) is 0. The predicted octanol–water partition coefficient (Wildman–Crippen LogP) is 3.62. The lowest BCUT2D eigenvalue weighted by atomic mass is 9.73. The second-order valence-electron chi connectivity index (χ2n) is 10.1. The van der Waals surface area contributed by atoms with Crippen LogP contribution in [-0.4, -0.2) is 53.1 Å². The minimum atomic E-state index is -4.35. The van der Waals surface area contributed by atoms with Gasteiger partial charge in [0, 0.05) is 31.2 Å². The summed E-state index contributed by atoms with van der Waals surface area (Å²) in [6, 6.07) is 5.06. The van der Waals surface area contributed by atoms with Crippen LogP contribution in [0.3, 0.4) is 0 Å². The van der Waals surface area contributed by atoms with Gasteiger partial charge in [-0.3, -0.25) is 9.69 Å². The average Bonchev–Trinajstić information content (AvgIpc) is 3.48. The van der Waals surface area contributed by atoms with Gasteiger partial charge in [-0.1, -0.05) is 13.0 Å². The number of ether oxygens (including phenoxy) is 1. The number of fused-ring (bicyclic) bond motifs is 4. The van der Waals surface area contributed by atoms with E-state index < -0.39 is 11.7 Å². The molecule has 5 unspecified atom stereocenters. The summed E-state index contributed by atoms with van der Waals surface area (Å²) in [6.45, 7) is 4.29. The van der Waals surface area contributed by atoms with Gasteiger partial charge in [0.05, 0.1) is 23.7 Å². The molecule has 4 fully saturated rings. The van der Waals surface area contributed by atoms with Gasteiger partial charge in [-0.2, -0.15) is 13.2 Å². The van der Waals surface area contributed by atoms with Crippen LogP contribution in [-0.2, 0) is 28.7 Å². The Hall–Kier alpha value is -1.60. The Morgan fingerprint density at radius 3 is 2.73 bits per heavy atom. The maximum atomic E-state index is 13.6. The van der Waals surface area contributed by atoms with E-state index in [4.69, 9.17) is 4.74 Å². The van der Waals surface area contributed by atoms with E-state index in [1.54, 1.807) is 6.07 Å². The van der Waals surface area contributed by atoms with Gasteiger partial charge in [0.25, 0.3) is 0 Å². The summed E-state index contributed by atoms with van der Waals surface area (Å²) in [5.41, 5.74) is 0.639. The van der Waals surface area contributed by atoms with Crippen LogP contribution in [0.5, 0.6) is 0 Å². The molecular weight excluding hydrogens is 393 g/mol. The molecule has 30 heavy (non-hydrogen) atoms. The lowest BCUT2D eigenvalue weighted by Gasteiger charge is -2.34. The Labute approximate surface area is 174 Å². The molecule has 5 aliphatic rings. The standard InChI is InChI=1S/C23H27F3N2O2/c1-13-20-7-14-2-3-16(23(24,25)26)6-15(14)10-28(20)21(29)22(13)5-4-17(9-22)27-11-19-8-18(27)12-30-19/h2-3,6,13,17-20H,4-5,7-12H2,1H3/t13?,17?,18-,19?,20?,22?/m1/s1. The van der Waals surface area contributed by atoms with Crippen LogP contribution in [0.1, 0.15) is 49.3 Å². The van der Waals surface area contributed by atoms with Gasteiger partial charge in [0.15, 0.2) is 0 Å². The third-order valence-corrected chi connectivity index (χ3v) is 8.77. The predicted molar refractivity (Wildman–Crippen MR) is 104 cm³/mol. The molecule has 4 nitrogen and oxygen atoms in total. The summed E-state index contributed by atoms with van der Waals surface area (Å²) in [4.78, 5) is 18.1. The van der Waals surface area contributed by atoms with E-state index in [2.05, 4.69) is 11.8 Å². The van der Waals surface area contributed by atoms with E-state index in [0.717, 1.165) is 44.4 Å². The van der Waals surface area contributed by atoms with Gasteiger partial charge in [-0.25, -0.2) is 0 Å². The SMILES string of the molecule is CC1C2Cc3ccc(C(F)(F)F)cc3CN2C(=O)C12CCC(N1CC3C[C@@H]1CO3)C2. The van der Waals surface area contributed by atoms with Crippen molar-refractivity contribution >= 4 is 5.91 Å². The van der Waals surface area contributed by atoms with Gasteiger partial charge < -0.3 is 9.64 Å². The highest BCUT2D eigenvalue weighted by atomic mass is 19.4. The number of carbonyl (C=O) groups excluding carboxylic acids is 1. The van der Waals surface area contributed by atoms with Crippen LogP contribution < -0.4 is 0 Å². The Morgan fingerprint density at radius 1 is 1.20 bits per heavy atom. The minimum Gasteiger partial charge on any atom is -0.375 e. The van der Waals surface area contributed by atoms with Crippen molar-refractivity contribution in [1.82, 2.24) is 9.80 Å². The van der Waals surface area contributed by atoms with Crippen molar-refractivity contribution in [2.45, 2.75) is 76.0 Å². The van der Waals surface area contributed by atoms with Crippen molar-refractivity contribution < 1.29 is 22.7 Å². The van der Waals surface area contributed by atoms with E-state index in [1.165, 1.54) is 12.1 Å². The van der Waals surface area contributed by atoms with Crippen LogP contribution in [0.4, 0.5) is 13.2 Å². The number of nitrogens with zero attached hydrogens (tertiary/aromatic N) is 2. The summed E-state index contributed by atoms with van der Waals surface area (Å²) < 4.78 is 45.2. The zero-order valence-electron chi connectivity index (χ0n) is 17.1. The monoisotopic (exact) mass is 420 g/mol. The van der Waals surface area contributed by atoms with Gasteiger partial charge in [0.1, 0.15) is 0 Å². The molecular formula is C23H27F3N2O2. The first kappa shape index (κ1) is 19.1. The van der Waals surface area contributed by atoms with Crippen molar-refractivity contribution in [3.8, 4) is 0 Å². The van der Waals surface area contributed by atoms with Gasteiger partial charge in [-0.05, 0) is 61.3 Å². The average molecular weight is 420 g/mol. The molecule has 1 aromatic carbocycles. The van der Waals surface area contributed by atoms with Crippen molar-refractivity contribution in [3.05, 3.63) is 34.9 Å². The maximum Gasteiger partial charge on any atom is 0.416 e. The normalized spacial score (nSPS) is 40.5. The topological polar surface area (TPSA) is 32.8 Å². The number of likely N-dealkylation sites (tertiary alicyclic amines) is 1. The lowest BCUT2D eigenvalue weighted by molar-refractivity contribution is -0.138. The summed E-state index contributed by atoms with van der Waals surface area (Å²) in [6.07, 6.45) is 0.578. The molecule has 0 aromatic heterocycles. The Bertz CT molecular complexity index is 903. The van der Waals surface area contributed by atoms with Gasteiger partial charge >= 0.3 is 6.18 Å². The van der Waals surface area contributed by atoms with E-state index in [9.17, 15) is 18.0 Å². The molecule has 3 saturated heterocycles. The fourth-order valence-corrected chi connectivity index (χ4v) is 7.12. The van der Waals surface area contributed by atoms with Crippen LogP contribution in [0.2, 0.25) is 0 Å². The Kier molecular flexibility index (Phi) is 3.96. The van der Waals surface area contributed by atoms with E-state index in [-0.39, 0.29) is 23.3 Å². The molecule has 1 saturated carbocycles. The first-order valence-electron chi connectivity index (χ1n) is 11.1. The molecule has 1 aliphatic carbocycles. The second-order valence-corrected chi connectivity index (χ2v) is 10.1. The summed E-state index contributed by atoms with van der Waals surface area (Å²) in [5.74, 6) is 0.396. The molecule has 1 aromatic rings. The van der Waals surface area contributed by atoms with Crippen LogP contribution in [0.15, 0.2) is 18.2 Å². The van der Waals surface area contributed by atoms with Crippen molar-refractivity contribution in [2.75, 3.05) is 13.2 Å². The van der Waals surface area contributed by atoms with Crippen LogP contribution >= 0.6 is 0 Å². The molecule has 162 valence electrons. The van der Waals surface area contributed by atoms with Crippen molar-refractivity contribution in [3.63, 3.8) is 0 Å². The zero-order valence-corrected chi connectivity index (χ0v) is 17.1. The highest BCUT2D eigenvalue weighted by molar-refractivity contribution is 5.87. The van der Waals surface area contributed by atoms with Crippen molar-refractivity contribution in [1.29, 1.82) is 0 Å². The molecule has 6 rings (SSSR count). The first-order valence-corrected chi connectivity index (χ1v) is 11.1. The van der Waals surface area contributed by atoms with Gasteiger partial charge in [0.2, 0.25) is 5.91 Å². The number of rotatable bonds is 1. The fraction of sp³-hybridized carbons (Fsp3) is 0.696. The molecule has 0 radical (unpaired) electrons. The highest BCUT2D eigenvalue weighted by Gasteiger charge is 2.61.